The molecule has 0 bridgehead atoms. The van der Waals surface area contributed by atoms with E-state index in [4.69, 9.17) is 5.73 Å². The number of anilines is 3. The summed E-state index contributed by atoms with van der Waals surface area (Å²) in [7, 11) is 0. The Kier molecular flexibility index (Phi) is 3.00. The van der Waals surface area contributed by atoms with Gasteiger partial charge in [-0.1, -0.05) is 12.1 Å². The molecule has 0 aromatic heterocycles. The molecule has 0 heterocycles. The minimum absolute atomic E-state index is 0.229. The van der Waals surface area contributed by atoms with Crippen molar-refractivity contribution in [3.05, 3.63) is 53.3 Å². The van der Waals surface area contributed by atoms with E-state index >= 15 is 0 Å². The Bertz CT molecular complexity index is 530. The zero-order valence-corrected chi connectivity index (χ0v) is 9.92. The van der Waals surface area contributed by atoms with Crippen LogP contribution in [0.2, 0.25) is 0 Å². The number of hydrogen-bond acceptors (Lipinski definition) is 2. The molecule has 2 aromatic rings. The number of nitrogens with one attached hydrogen (secondary N) is 1. The highest BCUT2D eigenvalue weighted by molar-refractivity contribution is 5.65. The number of nitrogens with two attached hydrogens (primary N) is 1. The third kappa shape index (κ3) is 2.56. The van der Waals surface area contributed by atoms with Crippen LogP contribution in [-0.2, 0) is 0 Å². The van der Waals surface area contributed by atoms with Crippen molar-refractivity contribution in [1.29, 1.82) is 0 Å². The van der Waals surface area contributed by atoms with Crippen LogP contribution in [0, 0.1) is 19.7 Å². The molecule has 2 rings (SSSR count). The minimum Gasteiger partial charge on any atom is -0.399 e. The maximum absolute atomic E-state index is 13.8. The van der Waals surface area contributed by atoms with Crippen LogP contribution in [0.25, 0.3) is 0 Å². The molecule has 0 atom stereocenters. The van der Waals surface area contributed by atoms with Crippen molar-refractivity contribution in [2.24, 2.45) is 0 Å². The molecule has 0 radical (unpaired) electrons. The summed E-state index contributed by atoms with van der Waals surface area (Å²) in [4.78, 5) is 0. The lowest BCUT2D eigenvalue weighted by Gasteiger charge is -2.10. The van der Waals surface area contributed by atoms with Gasteiger partial charge in [-0.05, 0) is 49.2 Å². The van der Waals surface area contributed by atoms with E-state index in [1.54, 1.807) is 25.1 Å². The smallest absolute Gasteiger partial charge is 0.149 e. The summed E-state index contributed by atoms with van der Waals surface area (Å²) in [5.74, 6) is -0.229. The highest BCUT2D eigenvalue weighted by Crippen LogP contribution is 2.24. The number of halogens is 1. The molecule has 88 valence electrons. The summed E-state index contributed by atoms with van der Waals surface area (Å²) in [5.41, 5.74) is 9.34. The van der Waals surface area contributed by atoms with Crippen LogP contribution in [0.4, 0.5) is 21.5 Å². The predicted molar refractivity (Wildman–Crippen MR) is 70.0 cm³/mol. The van der Waals surface area contributed by atoms with Gasteiger partial charge in [-0.15, -0.1) is 0 Å². The first-order valence-electron chi connectivity index (χ1n) is 5.45. The standard InChI is InChI=1S/C14H15FN2/c1-9-6-11(16)8-12(7-9)17-13-5-3-4-10(2)14(13)15/h3-8,17H,16H2,1-2H3. The Hall–Kier alpha value is -2.03. The third-order valence-electron chi connectivity index (χ3n) is 2.57. The Balaban J connectivity index is 2.34. The number of aryl methyl sites for hydroxylation is 2. The fourth-order valence-corrected chi connectivity index (χ4v) is 1.78. The molecule has 0 aliphatic rings. The molecule has 2 aromatic carbocycles. The van der Waals surface area contributed by atoms with E-state index < -0.39 is 0 Å². The molecule has 0 aliphatic carbocycles. The maximum Gasteiger partial charge on any atom is 0.149 e. The third-order valence-corrected chi connectivity index (χ3v) is 2.57. The Morgan fingerprint density at radius 1 is 1.12 bits per heavy atom. The molecular weight excluding hydrogens is 215 g/mol. The van der Waals surface area contributed by atoms with Gasteiger partial charge in [-0.2, -0.15) is 0 Å². The lowest BCUT2D eigenvalue weighted by molar-refractivity contribution is 0.622. The number of hydrogen-bond donors (Lipinski definition) is 2. The van der Waals surface area contributed by atoms with Crippen LogP contribution >= 0.6 is 0 Å². The second-order valence-electron chi connectivity index (χ2n) is 4.19. The average Bonchev–Trinajstić information content (AvgIpc) is 2.23. The van der Waals surface area contributed by atoms with Crippen LogP contribution in [0.15, 0.2) is 36.4 Å². The Morgan fingerprint density at radius 2 is 1.88 bits per heavy atom. The molecule has 0 saturated heterocycles. The second kappa shape index (κ2) is 4.45. The van der Waals surface area contributed by atoms with E-state index in [2.05, 4.69) is 5.32 Å². The largest absolute Gasteiger partial charge is 0.399 e. The van der Waals surface area contributed by atoms with Gasteiger partial charge in [0.15, 0.2) is 0 Å². The van der Waals surface area contributed by atoms with Gasteiger partial charge in [0.05, 0.1) is 5.69 Å². The van der Waals surface area contributed by atoms with Gasteiger partial charge in [0.2, 0.25) is 0 Å². The van der Waals surface area contributed by atoms with Crippen molar-refractivity contribution in [2.75, 3.05) is 11.1 Å². The summed E-state index contributed by atoms with van der Waals surface area (Å²) in [6, 6.07) is 10.9. The molecular formula is C14H15FN2. The fourth-order valence-electron chi connectivity index (χ4n) is 1.78. The zero-order valence-electron chi connectivity index (χ0n) is 9.92. The summed E-state index contributed by atoms with van der Waals surface area (Å²) in [5, 5.41) is 3.04. The summed E-state index contributed by atoms with van der Waals surface area (Å²) < 4.78 is 13.8. The topological polar surface area (TPSA) is 38.0 Å². The zero-order chi connectivity index (χ0) is 12.4. The first kappa shape index (κ1) is 11.5. The normalized spacial score (nSPS) is 10.3. The van der Waals surface area contributed by atoms with Gasteiger partial charge in [0, 0.05) is 11.4 Å². The van der Waals surface area contributed by atoms with Crippen LogP contribution in [0.1, 0.15) is 11.1 Å². The monoisotopic (exact) mass is 230 g/mol. The molecule has 0 unspecified atom stereocenters. The van der Waals surface area contributed by atoms with E-state index in [0.29, 0.717) is 16.9 Å². The predicted octanol–water partition coefficient (Wildman–Crippen LogP) is 3.77. The van der Waals surface area contributed by atoms with Crippen molar-refractivity contribution in [1.82, 2.24) is 0 Å². The van der Waals surface area contributed by atoms with Crippen molar-refractivity contribution in [3.8, 4) is 0 Å². The van der Waals surface area contributed by atoms with Crippen LogP contribution in [0.3, 0.4) is 0 Å². The van der Waals surface area contributed by atoms with Gasteiger partial charge in [0.25, 0.3) is 0 Å². The lowest BCUT2D eigenvalue weighted by Crippen LogP contribution is -1.97. The number of nitrogen functional groups attached to an aromatic ring is 1. The van der Waals surface area contributed by atoms with Gasteiger partial charge in [-0.3, -0.25) is 0 Å². The quantitative estimate of drug-likeness (QED) is 0.771. The van der Waals surface area contributed by atoms with Gasteiger partial charge in [-0.25, -0.2) is 4.39 Å². The molecule has 0 aliphatic heterocycles. The van der Waals surface area contributed by atoms with Crippen LogP contribution in [-0.4, -0.2) is 0 Å². The fraction of sp³-hybridized carbons (Fsp3) is 0.143. The molecule has 3 heteroatoms. The summed E-state index contributed by atoms with van der Waals surface area (Å²) in [6.45, 7) is 3.69. The molecule has 2 nitrogen and oxygen atoms in total. The van der Waals surface area contributed by atoms with E-state index in [0.717, 1.165) is 11.3 Å². The van der Waals surface area contributed by atoms with Gasteiger partial charge < -0.3 is 11.1 Å². The van der Waals surface area contributed by atoms with Gasteiger partial charge in [0.1, 0.15) is 5.82 Å². The average molecular weight is 230 g/mol. The minimum atomic E-state index is -0.229. The summed E-state index contributed by atoms with van der Waals surface area (Å²) >= 11 is 0. The maximum atomic E-state index is 13.8. The highest BCUT2D eigenvalue weighted by Gasteiger charge is 2.05. The van der Waals surface area contributed by atoms with Crippen LogP contribution < -0.4 is 11.1 Å². The molecule has 3 N–H and O–H groups in total. The molecule has 17 heavy (non-hydrogen) atoms. The summed E-state index contributed by atoms with van der Waals surface area (Å²) in [6.07, 6.45) is 0. The Morgan fingerprint density at radius 3 is 2.59 bits per heavy atom. The van der Waals surface area contributed by atoms with Gasteiger partial charge >= 0.3 is 0 Å². The van der Waals surface area contributed by atoms with E-state index in [9.17, 15) is 4.39 Å². The van der Waals surface area contributed by atoms with E-state index in [1.807, 2.05) is 25.1 Å². The molecule has 0 fully saturated rings. The first-order chi connectivity index (χ1) is 8.06. The van der Waals surface area contributed by atoms with Crippen molar-refractivity contribution in [2.45, 2.75) is 13.8 Å². The lowest BCUT2D eigenvalue weighted by atomic mass is 10.1. The van der Waals surface area contributed by atoms with E-state index in [1.165, 1.54) is 0 Å². The SMILES string of the molecule is Cc1cc(N)cc(Nc2cccc(C)c2F)c1. The number of benzene rings is 2. The Labute approximate surface area is 100 Å². The van der Waals surface area contributed by atoms with Crippen molar-refractivity contribution in [3.63, 3.8) is 0 Å². The first-order valence-corrected chi connectivity index (χ1v) is 5.45. The highest BCUT2D eigenvalue weighted by atomic mass is 19.1. The second-order valence-corrected chi connectivity index (χ2v) is 4.19. The van der Waals surface area contributed by atoms with Crippen molar-refractivity contribution >= 4 is 17.1 Å². The number of rotatable bonds is 2. The van der Waals surface area contributed by atoms with Crippen molar-refractivity contribution < 1.29 is 4.39 Å². The van der Waals surface area contributed by atoms with E-state index in [-0.39, 0.29) is 5.82 Å². The molecule has 0 saturated carbocycles. The molecule has 0 spiro atoms. The molecule has 0 amide bonds. The van der Waals surface area contributed by atoms with Crippen LogP contribution in [0.5, 0.6) is 0 Å².